The van der Waals surface area contributed by atoms with Gasteiger partial charge in [0.05, 0.1) is 16.1 Å². The van der Waals surface area contributed by atoms with Gasteiger partial charge in [-0.3, -0.25) is 10.1 Å². The fourth-order valence-corrected chi connectivity index (χ4v) is 4.00. The van der Waals surface area contributed by atoms with Crippen LogP contribution in [-0.4, -0.2) is 9.49 Å². The van der Waals surface area contributed by atoms with Crippen LogP contribution in [0.5, 0.6) is 0 Å². The van der Waals surface area contributed by atoms with Crippen molar-refractivity contribution in [2.75, 3.05) is 0 Å². The molecule has 0 saturated carbocycles. The molecule has 144 valence electrons. The van der Waals surface area contributed by atoms with Gasteiger partial charge in [-0.2, -0.15) is 0 Å². The number of rotatable bonds is 4. The minimum absolute atomic E-state index is 0.0855. The largest absolute Gasteiger partial charge is 0.309 e. The lowest BCUT2D eigenvalue weighted by Crippen LogP contribution is -1.97. The van der Waals surface area contributed by atoms with E-state index in [4.69, 9.17) is 0 Å². The van der Waals surface area contributed by atoms with Crippen molar-refractivity contribution >= 4 is 16.6 Å². The quantitative estimate of drug-likeness (QED) is 0.248. The van der Waals surface area contributed by atoms with Crippen molar-refractivity contribution in [3.05, 3.63) is 119 Å². The van der Waals surface area contributed by atoms with Crippen molar-refractivity contribution in [2.45, 2.75) is 0 Å². The Bertz CT molecular complexity index is 1260. The zero-order chi connectivity index (χ0) is 20.5. The van der Waals surface area contributed by atoms with Gasteiger partial charge < -0.3 is 4.57 Å². The molecule has 0 spiro atoms. The molecule has 1 heterocycles. The summed E-state index contributed by atoms with van der Waals surface area (Å²) in [5.74, 6) is 0. The summed E-state index contributed by atoms with van der Waals surface area (Å²) in [7, 11) is 0. The van der Waals surface area contributed by atoms with Crippen LogP contribution in [-0.2, 0) is 0 Å². The van der Waals surface area contributed by atoms with Gasteiger partial charge in [0.1, 0.15) is 0 Å². The summed E-state index contributed by atoms with van der Waals surface area (Å²) >= 11 is 0. The van der Waals surface area contributed by atoms with Crippen molar-refractivity contribution in [1.29, 1.82) is 0 Å². The summed E-state index contributed by atoms with van der Waals surface area (Å²) in [6.45, 7) is 0. The van der Waals surface area contributed by atoms with Crippen molar-refractivity contribution < 1.29 is 4.92 Å². The summed E-state index contributed by atoms with van der Waals surface area (Å²) in [5.41, 5.74) is 6.39. The number of hydrogen-bond acceptors (Lipinski definition) is 2. The average Bonchev–Trinajstić information content (AvgIpc) is 3.15. The van der Waals surface area contributed by atoms with Crippen LogP contribution in [0.2, 0.25) is 0 Å². The number of nitrogens with zero attached hydrogens (tertiary/aromatic N) is 2. The first-order valence-corrected chi connectivity index (χ1v) is 9.73. The Morgan fingerprint density at radius 2 is 1.23 bits per heavy atom. The van der Waals surface area contributed by atoms with Crippen LogP contribution in [0.3, 0.4) is 0 Å². The maximum absolute atomic E-state index is 11.2. The first-order valence-electron chi connectivity index (χ1n) is 9.73. The van der Waals surface area contributed by atoms with Crippen molar-refractivity contribution in [3.8, 4) is 28.1 Å². The molecule has 1 aromatic heterocycles. The lowest BCUT2D eigenvalue weighted by Gasteiger charge is -2.13. The van der Waals surface area contributed by atoms with Crippen LogP contribution in [0.15, 0.2) is 109 Å². The molecule has 0 aliphatic heterocycles. The molecular weight excluding hydrogens is 372 g/mol. The molecule has 5 aromatic rings. The molecule has 0 unspecified atom stereocenters. The molecule has 30 heavy (non-hydrogen) atoms. The Morgan fingerprint density at radius 3 is 1.90 bits per heavy atom. The third-order valence-electron chi connectivity index (χ3n) is 5.30. The Hall–Kier alpha value is -4.18. The summed E-state index contributed by atoms with van der Waals surface area (Å²) in [5, 5.41) is 12.3. The maximum Gasteiger partial charge on any atom is 0.269 e. The summed E-state index contributed by atoms with van der Waals surface area (Å²) in [6, 6.07) is 35.6. The van der Waals surface area contributed by atoms with E-state index in [0.29, 0.717) is 0 Å². The standard InChI is InChI=1S/C26H18N2O2/c29-28(30)22-17-15-20(16-18-22)26-25(19-9-3-1-4-10-19)23-13-7-8-14-24(23)27(26)21-11-5-2-6-12-21/h1-18H. The molecule has 0 N–H and O–H groups in total. The zero-order valence-corrected chi connectivity index (χ0v) is 16.1. The number of benzene rings is 4. The van der Waals surface area contributed by atoms with Gasteiger partial charge in [-0.15, -0.1) is 0 Å². The van der Waals surface area contributed by atoms with Crippen LogP contribution < -0.4 is 0 Å². The maximum atomic E-state index is 11.2. The van der Waals surface area contributed by atoms with E-state index in [1.54, 1.807) is 12.1 Å². The number of fused-ring (bicyclic) bond motifs is 1. The van der Waals surface area contributed by atoms with Crippen LogP contribution >= 0.6 is 0 Å². The number of hydrogen-bond donors (Lipinski definition) is 0. The van der Waals surface area contributed by atoms with E-state index >= 15 is 0 Å². The summed E-state index contributed by atoms with van der Waals surface area (Å²) in [4.78, 5) is 10.8. The lowest BCUT2D eigenvalue weighted by molar-refractivity contribution is -0.384. The molecule has 0 radical (unpaired) electrons. The minimum atomic E-state index is -0.366. The Labute approximate surface area is 173 Å². The molecule has 4 nitrogen and oxygen atoms in total. The molecule has 0 aliphatic carbocycles. The van der Waals surface area contributed by atoms with Gasteiger partial charge in [-0.05, 0) is 41.5 Å². The highest BCUT2D eigenvalue weighted by atomic mass is 16.6. The third-order valence-corrected chi connectivity index (χ3v) is 5.30. The van der Waals surface area contributed by atoms with Crippen LogP contribution in [0.25, 0.3) is 39.0 Å². The first kappa shape index (κ1) is 17.9. The van der Waals surface area contributed by atoms with Crippen LogP contribution in [0.1, 0.15) is 0 Å². The van der Waals surface area contributed by atoms with E-state index in [0.717, 1.165) is 39.0 Å². The SMILES string of the molecule is O=[N+]([O-])c1ccc(-c2c(-c3ccccc3)c3ccccc3n2-c2ccccc2)cc1. The third kappa shape index (κ3) is 2.95. The molecule has 4 aromatic carbocycles. The lowest BCUT2D eigenvalue weighted by atomic mass is 9.98. The van der Waals surface area contributed by atoms with E-state index in [9.17, 15) is 10.1 Å². The number of para-hydroxylation sites is 2. The minimum Gasteiger partial charge on any atom is -0.309 e. The number of nitro benzene ring substituents is 1. The predicted octanol–water partition coefficient (Wildman–Crippen LogP) is 6.87. The molecule has 0 fully saturated rings. The van der Waals surface area contributed by atoms with E-state index < -0.39 is 0 Å². The normalized spacial score (nSPS) is 10.9. The second kappa shape index (κ2) is 7.33. The highest BCUT2D eigenvalue weighted by molar-refractivity contribution is 6.05. The smallest absolute Gasteiger partial charge is 0.269 e. The molecule has 0 saturated heterocycles. The van der Waals surface area contributed by atoms with Crippen LogP contribution in [0.4, 0.5) is 5.69 Å². The number of nitro groups is 1. The van der Waals surface area contributed by atoms with E-state index in [2.05, 4.69) is 41.0 Å². The Kier molecular flexibility index (Phi) is 4.37. The molecule has 5 rings (SSSR count). The molecule has 0 aliphatic rings. The number of non-ortho nitro benzene ring substituents is 1. The van der Waals surface area contributed by atoms with Gasteiger partial charge in [0.15, 0.2) is 0 Å². The van der Waals surface area contributed by atoms with Gasteiger partial charge >= 0.3 is 0 Å². The highest BCUT2D eigenvalue weighted by Gasteiger charge is 2.21. The Balaban J connectivity index is 1.90. The first-order chi connectivity index (χ1) is 14.7. The van der Waals surface area contributed by atoms with Gasteiger partial charge in [-0.25, -0.2) is 0 Å². The topological polar surface area (TPSA) is 48.1 Å². The molecule has 0 bridgehead atoms. The monoisotopic (exact) mass is 390 g/mol. The second-order valence-electron chi connectivity index (χ2n) is 7.08. The summed E-state index contributed by atoms with van der Waals surface area (Å²) in [6.07, 6.45) is 0. The fourth-order valence-electron chi connectivity index (χ4n) is 4.00. The van der Waals surface area contributed by atoms with Crippen LogP contribution in [0, 0.1) is 10.1 Å². The Morgan fingerprint density at radius 1 is 0.633 bits per heavy atom. The van der Waals surface area contributed by atoms with E-state index in [-0.39, 0.29) is 10.6 Å². The van der Waals surface area contributed by atoms with Gasteiger partial charge in [-0.1, -0.05) is 66.7 Å². The van der Waals surface area contributed by atoms with Crippen molar-refractivity contribution in [2.24, 2.45) is 0 Å². The van der Waals surface area contributed by atoms with Gasteiger partial charge in [0.25, 0.3) is 5.69 Å². The van der Waals surface area contributed by atoms with Gasteiger partial charge in [0.2, 0.25) is 0 Å². The fraction of sp³-hybridized carbons (Fsp3) is 0. The predicted molar refractivity (Wildman–Crippen MR) is 121 cm³/mol. The van der Waals surface area contributed by atoms with E-state index in [1.807, 2.05) is 60.7 Å². The zero-order valence-electron chi connectivity index (χ0n) is 16.1. The van der Waals surface area contributed by atoms with Crippen molar-refractivity contribution in [1.82, 2.24) is 4.57 Å². The molecular formula is C26H18N2O2. The van der Waals surface area contributed by atoms with Gasteiger partial charge in [0, 0.05) is 28.8 Å². The highest BCUT2D eigenvalue weighted by Crippen LogP contribution is 2.42. The second-order valence-corrected chi connectivity index (χ2v) is 7.08. The number of aromatic nitrogens is 1. The van der Waals surface area contributed by atoms with Crippen molar-refractivity contribution in [3.63, 3.8) is 0 Å². The molecule has 4 heteroatoms. The molecule has 0 amide bonds. The summed E-state index contributed by atoms with van der Waals surface area (Å²) < 4.78 is 2.23. The average molecular weight is 390 g/mol. The van der Waals surface area contributed by atoms with E-state index in [1.165, 1.54) is 0 Å². The molecule has 0 atom stereocenters.